The summed E-state index contributed by atoms with van der Waals surface area (Å²) in [5.41, 5.74) is 0.834. The zero-order valence-electron chi connectivity index (χ0n) is 11.4. The maximum absolute atomic E-state index is 12.2. The lowest BCUT2D eigenvalue weighted by Gasteiger charge is -2.15. The Morgan fingerprint density at radius 2 is 1.95 bits per heavy atom. The Labute approximate surface area is 114 Å². The van der Waals surface area contributed by atoms with Crippen LogP contribution in [-0.4, -0.2) is 39.4 Å². The first kappa shape index (κ1) is 14.0. The number of amides is 1. The summed E-state index contributed by atoms with van der Waals surface area (Å²) in [5, 5.41) is 2.96. The number of ether oxygens (including phenoxy) is 2. The average Bonchev–Trinajstić information content (AvgIpc) is 3.25. The van der Waals surface area contributed by atoms with Gasteiger partial charge in [0.1, 0.15) is 0 Å². The second-order valence-electron chi connectivity index (χ2n) is 4.81. The highest BCUT2D eigenvalue weighted by Crippen LogP contribution is 2.48. The van der Waals surface area contributed by atoms with Crippen molar-refractivity contribution in [3.8, 4) is 0 Å². The fraction of sp³-hybridized carbons (Fsp3) is 0.533. The van der Waals surface area contributed by atoms with E-state index in [0.717, 1.165) is 18.4 Å². The van der Waals surface area contributed by atoms with Crippen LogP contribution in [0.25, 0.3) is 0 Å². The Balaban J connectivity index is 1.75. The molecular weight excluding hydrogens is 242 g/mol. The maximum atomic E-state index is 12.2. The van der Waals surface area contributed by atoms with Gasteiger partial charge < -0.3 is 14.8 Å². The number of benzene rings is 1. The molecule has 0 spiro atoms. The molecule has 19 heavy (non-hydrogen) atoms. The second-order valence-corrected chi connectivity index (χ2v) is 4.81. The molecule has 104 valence electrons. The van der Waals surface area contributed by atoms with Gasteiger partial charge in [-0.3, -0.25) is 4.79 Å². The van der Waals surface area contributed by atoms with Crippen LogP contribution in [0.4, 0.5) is 0 Å². The van der Waals surface area contributed by atoms with E-state index in [0.29, 0.717) is 26.4 Å². The number of carbonyl (C=O) groups is 1. The molecule has 0 unspecified atom stereocenters. The fourth-order valence-corrected chi connectivity index (χ4v) is 2.18. The SMILES string of the molecule is COCCOCCNC(=O)C1(c2ccccc2)CC1. The Kier molecular flexibility index (Phi) is 4.93. The minimum absolute atomic E-state index is 0.119. The van der Waals surface area contributed by atoms with E-state index in [1.165, 1.54) is 0 Å². The van der Waals surface area contributed by atoms with Crippen molar-refractivity contribution in [2.45, 2.75) is 18.3 Å². The monoisotopic (exact) mass is 263 g/mol. The lowest BCUT2D eigenvalue weighted by Crippen LogP contribution is -2.36. The highest BCUT2D eigenvalue weighted by molar-refractivity contribution is 5.91. The van der Waals surface area contributed by atoms with Crippen LogP contribution in [-0.2, 0) is 19.7 Å². The number of rotatable bonds is 8. The van der Waals surface area contributed by atoms with Gasteiger partial charge in [0.25, 0.3) is 0 Å². The van der Waals surface area contributed by atoms with Crippen molar-refractivity contribution < 1.29 is 14.3 Å². The van der Waals surface area contributed by atoms with Crippen LogP contribution in [0.2, 0.25) is 0 Å². The topological polar surface area (TPSA) is 47.6 Å². The Morgan fingerprint density at radius 3 is 2.58 bits per heavy atom. The summed E-state index contributed by atoms with van der Waals surface area (Å²) in [6.45, 7) is 2.23. The van der Waals surface area contributed by atoms with Gasteiger partial charge >= 0.3 is 0 Å². The van der Waals surface area contributed by atoms with Crippen molar-refractivity contribution in [3.63, 3.8) is 0 Å². The smallest absolute Gasteiger partial charge is 0.230 e. The molecule has 1 N–H and O–H groups in total. The molecule has 4 heteroatoms. The van der Waals surface area contributed by atoms with Crippen molar-refractivity contribution in [1.29, 1.82) is 0 Å². The maximum Gasteiger partial charge on any atom is 0.230 e. The molecule has 2 rings (SSSR count). The van der Waals surface area contributed by atoms with E-state index in [4.69, 9.17) is 9.47 Å². The van der Waals surface area contributed by atoms with E-state index in [2.05, 4.69) is 5.32 Å². The summed E-state index contributed by atoms with van der Waals surface area (Å²) in [6, 6.07) is 10.00. The molecule has 1 amide bonds. The van der Waals surface area contributed by atoms with Gasteiger partial charge in [-0.15, -0.1) is 0 Å². The first-order chi connectivity index (χ1) is 9.29. The van der Waals surface area contributed by atoms with Crippen LogP contribution < -0.4 is 5.32 Å². The van der Waals surface area contributed by atoms with E-state index in [1.807, 2.05) is 30.3 Å². The summed E-state index contributed by atoms with van der Waals surface area (Å²) < 4.78 is 10.2. The Morgan fingerprint density at radius 1 is 1.21 bits per heavy atom. The highest BCUT2D eigenvalue weighted by Gasteiger charge is 2.50. The molecule has 1 aliphatic rings. The number of hydrogen-bond acceptors (Lipinski definition) is 3. The summed E-state index contributed by atoms with van der Waals surface area (Å²) in [7, 11) is 1.64. The van der Waals surface area contributed by atoms with E-state index in [-0.39, 0.29) is 11.3 Å². The van der Waals surface area contributed by atoms with Crippen LogP contribution in [0.5, 0.6) is 0 Å². The Hall–Kier alpha value is -1.39. The molecule has 0 heterocycles. The summed E-state index contributed by atoms with van der Waals surface area (Å²) >= 11 is 0. The molecule has 0 saturated heterocycles. The van der Waals surface area contributed by atoms with Crippen LogP contribution in [0.15, 0.2) is 30.3 Å². The van der Waals surface area contributed by atoms with Gasteiger partial charge in [-0.25, -0.2) is 0 Å². The molecule has 0 aromatic heterocycles. The van der Waals surface area contributed by atoms with Crippen molar-refractivity contribution in [2.75, 3.05) is 33.5 Å². The van der Waals surface area contributed by atoms with E-state index < -0.39 is 0 Å². The fourth-order valence-electron chi connectivity index (χ4n) is 2.18. The van der Waals surface area contributed by atoms with Crippen molar-refractivity contribution in [3.05, 3.63) is 35.9 Å². The average molecular weight is 263 g/mol. The quantitative estimate of drug-likeness (QED) is 0.723. The molecule has 1 aromatic carbocycles. The molecule has 0 bridgehead atoms. The van der Waals surface area contributed by atoms with Crippen LogP contribution in [0.3, 0.4) is 0 Å². The number of hydrogen-bond donors (Lipinski definition) is 1. The highest BCUT2D eigenvalue weighted by atomic mass is 16.5. The normalized spacial score (nSPS) is 16.1. The summed E-state index contributed by atoms with van der Waals surface area (Å²) in [5.74, 6) is 0.119. The predicted octanol–water partition coefficient (Wildman–Crippen LogP) is 1.50. The van der Waals surface area contributed by atoms with E-state index >= 15 is 0 Å². The lowest BCUT2D eigenvalue weighted by atomic mass is 9.95. The van der Waals surface area contributed by atoms with Gasteiger partial charge in [0.2, 0.25) is 5.91 Å². The van der Waals surface area contributed by atoms with Crippen molar-refractivity contribution in [2.24, 2.45) is 0 Å². The van der Waals surface area contributed by atoms with E-state index in [1.54, 1.807) is 7.11 Å². The third-order valence-corrected chi connectivity index (χ3v) is 3.47. The van der Waals surface area contributed by atoms with Gasteiger partial charge in [0.15, 0.2) is 0 Å². The molecule has 4 nitrogen and oxygen atoms in total. The molecule has 0 radical (unpaired) electrons. The minimum atomic E-state index is -0.284. The largest absolute Gasteiger partial charge is 0.382 e. The minimum Gasteiger partial charge on any atom is -0.382 e. The molecule has 1 fully saturated rings. The summed E-state index contributed by atoms with van der Waals surface area (Å²) in [4.78, 5) is 12.2. The Bertz CT molecular complexity index is 401. The molecule has 0 atom stereocenters. The van der Waals surface area contributed by atoms with Crippen LogP contribution in [0, 0.1) is 0 Å². The third kappa shape index (κ3) is 3.55. The van der Waals surface area contributed by atoms with Gasteiger partial charge in [0.05, 0.1) is 25.2 Å². The van der Waals surface area contributed by atoms with Gasteiger partial charge in [-0.2, -0.15) is 0 Å². The third-order valence-electron chi connectivity index (χ3n) is 3.47. The van der Waals surface area contributed by atoms with Crippen molar-refractivity contribution >= 4 is 5.91 Å². The molecule has 1 saturated carbocycles. The molecule has 0 aliphatic heterocycles. The predicted molar refractivity (Wildman–Crippen MR) is 73.1 cm³/mol. The zero-order valence-corrected chi connectivity index (χ0v) is 11.4. The number of methoxy groups -OCH3 is 1. The molecular formula is C15H21NO3. The summed E-state index contributed by atoms with van der Waals surface area (Å²) in [6.07, 6.45) is 1.88. The van der Waals surface area contributed by atoms with Gasteiger partial charge in [-0.1, -0.05) is 30.3 Å². The standard InChI is InChI=1S/C15H21NO3/c1-18-11-12-19-10-9-16-14(17)15(7-8-15)13-5-3-2-4-6-13/h2-6H,7-12H2,1H3,(H,16,17). The molecule has 1 aliphatic carbocycles. The van der Waals surface area contributed by atoms with Gasteiger partial charge in [0, 0.05) is 13.7 Å². The van der Waals surface area contributed by atoms with Crippen molar-refractivity contribution in [1.82, 2.24) is 5.32 Å². The first-order valence-electron chi connectivity index (χ1n) is 6.70. The second kappa shape index (κ2) is 6.68. The lowest BCUT2D eigenvalue weighted by molar-refractivity contribution is -0.123. The zero-order chi connectivity index (χ0) is 13.6. The van der Waals surface area contributed by atoms with Crippen LogP contribution >= 0.6 is 0 Å². The number of carbonyl (C=O) groups excluding carboxylic acids is 1. The molecule has 1 aromatic rings. The van der Waals surface area contributed by atoms with Gasteiger partial charge in [-0.05, 0) is 18.4 Å². The number of nitrogens with one attached hydrogen (secondary N) is 1. The van der Waals surface area contributed by atoms with Crippen LogP contribution in [0.1, 0.15) is 18.4 Å². The first-order valence-corrected chi connectivity index (χ1v) is 6.70. The van der Waals surface area contributed by atoms with E-state index in [9.17, 15) is 4.79 Å².